The number of carbonyl (C=O) groups is 1. The Morgan fingerprint density at radius 2 is 1.69 bits per heavy atom. The van der Waals surface area contributed by atoms with Crippen LogP contribution in [0.15, 0.2) is 53.6 Å². The van der Waals surface area contributed by atoms with Gasteiger partial charge in [-0.1, -0.05) is 35.9 Å². The van der Waals surface area contributed by atoms with Gasteiger partial charge in [-0.15, -0.1) is 0 Å². The molecule has 0 amide bonds. The number of hydrogen-bond acceptors (Lipinski definition) is 8. The highest BCUT2D eigenvalue weighted by Crippen LogP contribution is 2.33. The van der Waals surface area contributed by atoms with E-state index in [0.29, 0.717) is 42.5 Å². The molecular formula is C25H28ClN5O4S. The van der Waals surface area contributed by atoms with Crippen molar-refractivity contribution in [1.82, 2.24) is 9.97 Å². The molecule has 4 rings (SSSR count). The van der Waals surface area contributed by atoms with Crippen LogP contribution in [0.5, 0.6) is 0 Å². The second-order valence-electron chi connectivity index (χ2n) is 8.87. The van der Waals surface area contributed by atoms with E-state index in [4.69, 9.17) is 22.1 Å². The zero-order valence-electron chi connectivity index (χ0n) is 20.3. The van der Waals surface area contributed by atoms with Crippen LogP contribution in [-0.4, -0.2) is 50.1 Å². The summed E-state index contributed by atoms with van der Waals surface area (Å²) < 4.78 is 33.7. The zero-order valence-corrected chi connectivity index (χ0v) is 21.9. The van der Waals surface area contributed by atoms with Gasteiger partial charge in [-0.2, -0.15) is 8.42 Å². The highest BCUT2D eigenvalue weighted by Gasteiger charge is 2.39. The first-order chi connectivity index (χ1) is 17.0. The Morgan fingerprint density at radius 1 is 1.06 bits per heavy atom. The molecule has 1 aliphatic heterocycles. The van der Waals surface area contributed by atoms with Crippen LogP contribution in [-0.2, 0) is 19.6 Å². The molecule has 9 nitrogen and oxygen atoms in total. The van der Waals surface area contributed by atoms with E-state index in [2.05, 4.69) is 14.7 Å². The summed E-state index contributed by atoms with van der Waals surface area (Å²) >= 11 is 6.42. The molecule has 11 heteroatoms. The number of rotatable bonds is 6. The quantitative estimate of drug-likeness (QED) is 0.463. The lowest BCUT2D eigenvalue weighted by Gasteiger charge is -2.37. The van der Waals surface area contributed by atoms with Crippen LogP contribution in [0.4, 0.5) is 11.6 Å². The van der Waals surface area contributed by atoms with E-state index in [1.807, 2.05) is 36.9 Å². The maximum atomic E-state index is 13.2. The van der Waals surface area contributed by atoms with Gasteiger partial charge in [0.05, 0.1) is 17.8 Å². The van der Waals surface area contributed by atoms with Gasteiger partial charge >= 0.3 is 5.97 Å². The standard InChI is InChI=1S/C25H28ClN5O4S/c1-16-6-4-7-17(2)22(16)23-18(26)10-11-19(28-23)30-36(33,34)21-9-5-8-20(29-21)31-14-12-25(27,13-15-31)24(32)35-3/h4-11H,12-15,27H2,1-3H3,(H,28,30). The van der Waals surface area contributed by atoms with Crippen molar-refractivity contribution < 1.29 is 17.9 Å². The highest BCUT2D eigenvalue weighted by atomic mass is 35.5. The molecule has 0 radical (unpaired) electrons. The van der Waals surface area contributed by atoms with Crippen LogP contribution in [0.25, 0.3) is 11.3 Å². The second kappa shape index (κ2) is 10.0. The van der Waals surface area contributed by atoms with Crippen LogP contribution in [0.1, 0.15) is 24.0 Å². The van der Waals surface area contributed by atoms with Crippen LogP contribution < -0.4 is 15.4 Å². The summed E-state index contributed by atoms with van der Waals surface area (Å²) in [5.41, 5.74) is 8.44. The summed E-state index contributed by atoms with van der Waals surface area (Å²) in [5.74, 6) is 0.157. The summed E-state index contributed by atoms with van der Waals surface area (Å²) in [7, 11) is -2.73. The number of anilines is 2. The predicted octanol–water partition coefficient (Wildman–Crippen LogP) is 3.69. The van der Waals surface area contributed by atoms with Crippen molar-refractivity contribution in [2.24, 2.45) is 5.73 Å². The predicted molar refractivity (Wildman–Crippen MR) is 140 cm³/mol. The number of aryl methyl sites for hydroxylation is 2. The average Bonchev–Trinajstić information content (AvgIpc) is 2.85. The van der Waals surface area contributed by atoms with E-state index in [0.717, 1.165) is 16.7 Å². The number of hydrogen-bond donors (Lipinski definition) is 2. The first kappa shape index (κ1) is 25.9. The number of benzene rings is 1. The van der Waals surface area contributed by atoms with Crippen molar-refractivity contribution in [2.45, 2.75) is 37.3 Å². The molecule has 3 aromatic rings. The fourth-order valence-corrected chi connectivity index (χ4v) is 5.49. The number of carbonyl (C=O) groups excluding carboxylic acids is 1. The normalized spacial score (nSPS) is 15.4. The van der Waals surface area contributed by atoms with Gasteiger partial charge in [0.2, 0.25) is 0 Å². The van der Waals surface area contributed by atoms with E-state index in [1.165, 1.54) is 19.2 Å². The summed E-state index contributed by atoms with van der Waals surface area (Å²) in [5, 5.41) is 0.270. The van der Waals surface area contributed by atoms with Gasteiger partial charge in [0.1, 0.15) is 17.2 Å². The van der Waals surface area contributed by atoms with Crippen LogP contribution >= 0.6 is 11.6 Å². The molecule has 36 heavy (non-hydrogen) atoms. The lowest BCUT2D eigenvalue weighted by atomic mass is 9.89. The van der Waals surface area contributed by atoms with Crippen molar-refractivity contribution in [3.8, 4) is 11.3 Å². The minimum atomic E-state index is -4.04. The maximum absolute atomic E-state index is 13.2. The fraction of sp³-hybridized carbons (Fsp3) is 0.320. The first-order valence-corrected chi connectivity index (χ1v) is 13.3. The Bertz CT molecular complexity index is 1390. The van der Waals surface area contributed by atoms with Gasteiger partial charge in [0.15, 0.2) is 5.03 Å². The number of nitrogens with one attached hydrogen (secondary N) is 1. The minimum absolute atomic E-state index is 0.133. The number of nitrogens with zero attached hydrogens (tertiary/aromatic N) is 3. The van der Waals surface area contributed by atoms with Crippen molar-refractivity contribution in [3.63, 3.8) is 0 Å². The van der Waals surface area contributed by atoms with Gasteiger partial charge in [-0.05, 0) is 62.1 Å². The average molecular weight is 530 g/mol. The largest absolute Gasteiger partial charge is 0.468 e. The molecule has 1 aliphatic rings. The highest BCUT2D eigenvalue weighted by molar-refractivity contribution is 7.92. The SMILES string of the molecule is COC(=O)C1(N)CCN(c2cccc(S(=O)(=O)Nc3ccc(Cl)c(-c4c(C)cccc4C)n3)n2)CC1. The topological polar surface area (TPSA) is 128 Å². The van der Waals surface area contributed by atoms with Crippen molar-refractivity contribution in [3.05, 3.63) is 64.7 Å². The third-order valence-electron chi connectivity index (χ3n) is 6.36. The number of aromatic nitrogens is 2. The lowest BCUT2D eigenvalue weighted by Crippen LogP contribution is -2.56. The van der Waals surface area contributed by atoms with Crippen LogP contribution in [0, 0.1) is 13.8 Å². The number of pyridine rings is 2. The van der Waals surface area contributed by atoms with Gasteiger partial charge in [0, 0.05) is 18.7 Å². The number of esters is 1. The number of sulfonamides is 1. The summed E-state index contributed by atoms with van der Waals surface area (Å²) in [6.45, 7) is 4.78. The Balaban J connectivity index is 1.57. The zero-order chi connectivity index (χ0) is 26.1. The Hall–Kier alpha value is -3.21. The summed E-state index contributed by atoms with van der Waals surface area (Å²) in [6, 6.07) is 13.7. The smallest absolute Gasteiger partial charge is 0.325 e. The molecule has 0 spiro atoms. The molecule has 0 unspecified atom stereocenters. The number of methoxy groups -OCH3 is 1. The third kappa shape index (κ3) is 5.16. The molecule has 3 heterocycles. The molecule has 2 aromatic heterocycles. The molecular weight excluding hydrogens is 502 g/mol. The van der Waals surface area contributed by atoms with Gasteiger partial charge in [-0.25, -0.2) is 9.97 Å². The van der Waals surface area contributed by atoms with Crippen LogP contribution in [0.2, 0.25) is 5.02 Å². The second-order valence-corrected chi connectivity index (χ2v) is 10.9. The number of halogens is 1. The van der Waals surface area contributed by atoms with E-state index in [1.54, 1.807) is 18.2 Å². The molecule has 0 bridgehead atoms. The number of piperidine rings is 1. The fourth-order valence-electron chi connectivity index (χ4n) is 4.32. The Morgan fingerprint density at radius 3 is 2.33 bits per heavy atom. The van der Waals surface area contributed by atoms with E-state index in [-0.39, 0.29) is 10.8 Å². The monoisotopic (exact) mass is 529 g/mol. The van der Waals surface area contributed by atoms with Gasteiger partial charge in [0.25, 0.3) is 10.0 Å². The lowest BCUT2D eigenvalue weighted by molar-refractivity contribution is -0.147. The summed E-state index contributed by atoms with van der Waals surface area (Å²) in [6.07, 6.45) is 0.735. The van der Waals surface area contributed by atoms with Gasteiger partial charge in [-0.3, -0.25) is 9.52 Å². The molecule has 0 aliphatic carbocycles. The van der Waals surface area contributed by atoms with Gasteiger partial charge < -0.3 is 15.4 Å². The molecule has 190 valence electrons. The Labute approximate surface area is 215 Å². The third-order valence-corrected chi connectivity index (χ3v) is 7.92. The maximum Gasteiger partial charge on any atom is 0.325 e. The van der Waals surface area contributed by atoms with Crippen molar-refractivity contribution in [1.29, 1.82) is 0 Å². The molecule has 1 fully saturated rings. The number of ether oxygens (including phenoxy) is 1. The molecule has 0 saturated carbocycles. The molecule has 1 saturated heterocycles. The van der Waals surface area contributed by atoms with Crippen LogP contribution in [0.3, 0.4) is 0 Å². The van der Waals surface area contributed by atoms with E-state index >= 15 is 0 Å². The van der Waals surface area contributed by atoms with E-state index in [9.17, 15) is 13.2 Å². The molecule has 3 N–H and O–H groups in total. The molecule has 0 atom stereocenters. The number of nitrogens with two attached hydrogens (primary N) is 1. The first-order valence-electron chi connectivity index (χ1n) is 11.4. The van der Waals surface area contributed by atoms with Crippen molar-refractivity contribution >= 4 is 39.2 Å². The summed E-state index contributed by atoms with van der Waals surface area (Å²) in [4.78, 5) is 22.8. The minimum Gasteiger partial charge on any atom is -0.468 e. The Kier molecular flexibility index (Phi) is 7.21. The van der Waals surface area contributed by atoms with Crippen molar-refractivity contribution in [2.75, 3.05) is 29.8 Å². The van der Waals surface area contributed by atoms with E-state index < -0.39 is 21.5 Å². The molecule has 1 aromatic carbocycles.